The van der Waals surface area contributed by atoms with E-state index in [4.69, 9.17) is 0 Å². The second-order valence-corrected chi connectivity index (χ2v) is 5.35. The summed E-state index contributed by atoms with van der Waals surface area (Å²) >= 11 is 2.65. The minimum atomic E-state index is 0. The molecule has 0 aromatic heterocycles. The van der Waals surface area contributed by atoms with Gasteiger partial charge in [-0.3, -0.25) is 0 Å². The van der Waals surface area contributed by atoms with E-state index in [-0.39, 0.29) is 51.8 Å². The monoisotopic (exact) mass is 290 g/mol. The van der Waals surface area contributed by atoms with Crippen molar-refractivity contribution in [2.75, 3.05) is 0 Å². The molecule has 0 aliphatic heterocycles. The first-order chi connectivity index (χ1) is 4.27. The van der Waals surface area contributed by atoms with Crippen LogP contribution in [0, 0.1) is 0 Å². The average Bonchev–Trinajstić information content (AvgIpc) is 1.90. The molecule has 0 aromatic carbocycles. The topological polar surface area (TPSA) is 0 Å². The molecule has 0 nitrogen and oxygen atoms in total. The predicted molar refractivity (Wildman–Crippen MR) is 66.1 cm³/mol. The van der Waals surface area contributed by atoms with E-state index >= 15 is 0 Å². The Morgan fingerprint density at radius 3 is 1.91 bits per heavy atom. The number of halogens is 1. The second kappa shape index (κ2) is 7.65. The Morgan fingerprint density at radius 1 is 1.18 bits per heavy atom. The fourth-order valence-electron chi connectivity index (χ4n) is 1.54. The maximum atomic E-state index is 2.65. The number of hydrogen-bond acceptors (Lipinski definition) is 0. The molecule has 62 valence electrons. The van der Waals surface area contributed by atoms with Gasteiger partial charge in [0.1, 0.15) is 0 Å². The maximum Gasteiger partial charge on any atom is 2.00 e. The molecule has 0 amide bonds. The summed E-state index contributed by atoms with van der Waals surface area (Å²) in [5, 5.41) is 0. The van der Waals surface area contributed by atoms with Crippen LogP contribution in [0.4, 0.5) is 0 Å². The van der Waals surface area contributed by atoms with Crippen molar-refractivity contribution >= 4 is 68.7 Å². The third-order valence-corrected chi connectivity index (χ3v) is 4.22. The van der Waals surface area contributed by atoms with E-state index in [1.54, 1.807) is 0 Å². The summed E-state index contributed by atoms with van der Waals surface area (Å²) in [5.74, 6) is 0. The van der Waals surface area contributed by atoms with E-state index in [0.717, 1.165) is 0 Å². The van der Waals surface area contributed by atoms with Crippen LogP contribution in [0.25, 0.3) is 0 Å². The van der Waals surface area contributed by atoms with Crippen LogP contribution in [0.1, 0.15) is 51.2 Å². The number of hydrogen-bond donors (Lipinski definition) is 0. The fourth-order valence-corrected chi connectivity index (χ4v) is 2.30. The Morgan fingerprint density at radius 2 is 1.64 bits per heavy atom. The van der Waals surface area contributed by atoms with Crippen LogP contribution in [0.2, 0.25) is 0 Å². The molecule has 0 N–H and O–H groups in total. The molecule has 1 aliphatic rings. The Bertz CT molecular complexity index is 103. The van der Waals surface area contributed by atoms with Crippen molar-refractivity contribution < 1.29 is 5.71 Å². The molecule has 0 spiro atoms. The van der Waals surface area contributed by atoms with E-state index in [9.17, 15) is 0 Å². The smallest absolute Gasteiger partial charge is 1.00 e. The third-order valence-electron chi connectivity index (χ3n) is 2.38. The Labute approximate surface area is 122 Å². The van der Waals surface area contributed by atoms with Crippen LogP contribution in [-0.4, -0.2) is 49.5 Å². The van der Waals surface area contributed by atoms with Crippen molar-refractivity contribution in [2.45, 2.75) is 48.9 Å². The molecule has 0 saturated heterocycles. The molecule has 0 unspecified atom stereocenters. The standard InChI is InChI=1S/C8H15I.2Mg.4H/c1-2-8(9)6-4-3-5-7-8;;;;;;/h2-7H2,1H3;;;;;;/q;2*+2;4*-1. The Hall–Kier alpha value is 2.26. The van der Waals surface area contributed by atoms with Crippen LogP contribution in [-0.2, 0) is 0 Å². The number of alkyl halides is 1. The largest absolute Gasteiger partial charge is 2.00 e. The van der Waals surface area contributed by atoms with Crippen LogP contribution in [0.3, 0.4) is 0 Å². The molecule has 1 fully saturated rings. The van der Waals surface area contributed by atoms with E-state index < -0.39 is 0 Å². The van der Waals surface area contributed by atoms with Gasteiger partial charge < -0.3 is 5.71 Å². The molecule has 11 heavy (non-hydrogen) atoms. The predicted octanol–water partition coefficient (Wildman–Crippen LogP) is 3.22. The third kappa shape index (κ3) is 5.54. The summed E-state index contributed by atoms with van der Waals surface area (Å²) in [7, 11) is 0. The summed E-state index contributed by atoms with van der Waals surface area (Å²) < 4.78 is 0.690. The molecule has 0 heterocycles. The minimum Gasteiger partial charge on any atom is -1.00 e. The zero-order chi connectivity index (χ0) is 6.74. The molecule has 3 heteroatoms. The fraction of sp³-hybridized carbons (Fsp3) is 1.00. The van der Waals surface area contributed by atoms with Gasteiger partial charge >= 0.3 is 46.1 Å². The molecule has 1 aliphatic carbocycles. The van der Waals surface area contributed by atoms with Gasteiger partial charge in [-0.15, -0.1) is 0 Å². The van der Waals surface area contributed by atoms with Crippen molar-refractivity contribution in [3.8, 4) is 0 Å². The van der Waals surface area contributed by atoms with Gasteiger partial charge in [0.15, 0.2) is 0 Å². The minimum absolute atomic E-state index is 0. The first kappa shape index (κ1) is 15.7. The Balaban J connectivity index is -0.0000000337. The molecular formula is C8H19IMg2. The molecule has 0 aromatic rings. The molecular weight excluding hydrogens is 272 g/mol. The van der Waals surface area contributed by atoms with Crippen LogP contribution in [0.5, 0.6) is 0 Å². The Kier molecular flexibility index (Phi) is 10.9. The van der Waals surface area contributed by atoms with Crippen molar-refractivity contribution in [2.24, 2.45) is 0 Å². The number of rotatable bonds is 1. The second-order valence-electron chi connectivity index (χ2n) is 3.07. The van der Waals surface area contributed by atoms with Crippen molar-refractivity contribution in [1.29, 1.82) is 0 Å². The van der Waals surface area contributed by atoms with Gasteiger partial charge in [0, 0.05) is 3.42 Å². The van der Waals surface area contributed by atoms with E-state index in [1.165, 1.54) is 38.5 Å². The maximum absolute atomic E-state index is 2.65. The summed E-state index contributed by atoms with van der Waals surface area (Å²) in [6.45, 7) is 2.32. The van der Waals surface area contributed by atoms with Crippen molar-refractivity contribution in [1.82, 2.24) is 0 Å². The van der Waals surface area contributed by atoms with E-state index in [0.29, 0.717) is 3.42 Å². The average molecular weight is 291 g/mol. The quantitative estimate of drug-likeness (QED) is 0.395. The van der Waals surface area contributed by atoms with Crippen LogP contribution < -0.4 is 0 Å². The molecule has 1 saturated carbocycles. The first-order valence-electron chi connectivity index (χ1n) is 3.96. The van der Waals surface area contributed by atoms with Gasteiger partial charge in [-0.05, 0) is 19.3 Å². The molecule has 0 radical (unpaired) electrons. The van der Waals surface area contributed by atoms with Gasteiger partial charge in [-0.2, -0.15) is 0 Å². The van der Waals surface area contributed by atoms with Gasteiger partial charge in [0.2, 0.25) is 0 Å². The SMILES string of the molecule is CCC1(I)CCCCC1.[H-].[H-].[H-].[H-].[Mg+2].[Mg+2]. The normalized spacial score (nSPS) is 21.3. The van der Waals surface area contributed by atoms with Crippen LogP contribution in [0.15, 0.2) is 0 Å². The van der Waals surface area contributed by atoms with Gasteiger partial charge in [0.25, 0.3) is 0 Å². The van der Waals surface area contributed by atoms with E-state index in [1.807, 2.05) is 0 Å². The van der Waals surface area contributed by atoms with E-state index in [2.05, 4.69) is 29.5 Å². The van der Waals surface area contributed by atoms with Gasteiger partial charge in [-0.1, -0.05) is 48.8 Å². The molecule has 1 rings (SSSR count). The van der Waals surface area contributed by atoms with Crippen molar-refractivity contribution in [3.05, 3.63) is 0 Å². The summed E-state index contributed by atoms with van der Waals surface area (Å²) in [5.41, 5.74) is 0. The summed E-state index contributed by atoms with van der Waals surface area (Å²) in [4.78, 5) is 0. The van der Waals surface area contributed by atoms with Gasteiger partial charge in [-0.25, -0.2) is 0 Å². The van der Waals surface area contributed by atoms with Gasteiger partial charge in [0.05, 0.1) is 0 Å². The molecule has 0 atom stereocenters. The van der Waals surface area contributed by atoms with Crippen molar-refractivity contribution in [3.63, 3.8) is 0 Å². The summed E-state index contributed by atoms with van der Waals surface area (Å²) in [6, 6.07) is 0. The zero-order valence-corrected chi connectivity index (χ0v) is 12.5. The zero-order valence-electron chi connectivity index (χ0n) is 11.5. The van der Waals surface area contributed by atoms with Crippen LogP contribution >= 0.6 is 22.6 Å². The molecule has 0 bridgehead atoms. The summed E-state index contributed by atoms with van der Waals surface area (Å²) in [6.07, 6.45) is 8.71. The first-order valence-corrected chi connectivity index (χ1v) is 5.04.